The summed E-state index contributed by atoms with van der Waals surface area (Å²) in [6.07, 6.45) is 2.04. The second-order valence-corrected chi connectivity index (χ2v) is 13.7. The Balaban J connectivity index is 0.000000269. The molecule has 0 aliphatic carbocycles. The predicted molar refractivity (Wildman–Crippen MR) is 140 cm³/mol. The Bertz CT molecular complexity index is 1180. The second-order valence-electron chi connectivity index (χ2n) is 8.20. The SMILES string of the molecule is C/C(=C(\C)[PH+](C)C)[PH+](C)C.Cc1c(-c2[c-]cc3ccccc3c2)nc2ccccn12.[Os+]. The Morgan fingerprint density at radius 2 is 1.45 bits per heavy atom. The Labute approximate surface area is 202 Å². The van der Waals surface area contributed by atoms with Crippen molar-refractivity contribution in [2.75, 3.05) is 26.7 Å². The molecule has 0 atom stereocenters. The van der Waals surface area contributed by atoms with Crippen LogP contribution in [-0.2, 0) is 19.8 Å². The van der Waals surface area contributed by atoms with Gasteiger partial charge >= 0.3 is 19.8 Å². The van der Waals surface area contributed by atoms with Gasteiger partial charge in [0, 0.05) is 33.4 Å². The van der Waals surface area contributed by atoms with Gasteiger partial charge in [0.15, 0.2) is 0 Å². The van der Waals surface area contributed by atoms with Gasteiger partial charge < -0.3 is 4.40 Å². The summed E-state index contributed by atoms with van der Waals surface area (Å²) in [5.41, 5.74) is 4.17. The summed E-state index contributed by atoms with van der Waals surface area (Å²) in [4.78, 5) is 4.72. The minimum atomic E-state index is -0.151. The number of imidazole rings is 1. The van der Waals surface area contributed by atoms with Crippen LogP contribution in [0.25, 0.3) is 27.7 Å². The predicted octanol–water partition coefficient (Wildman–Crippen LogP) is 7.45. The third kappa shape index (κ3) is 6.11. The number of fused-ring (bicyclic) bond motifs is 2. The Kier molecular flexibility index (Phi) is 9.58. The van der Waals surface area contributed by atoms with Crippen molar-refractivity contribution >= 4 is 32.3 Å². The van der Waals surface area contributed by atoms with Crippen molar-refractivity contribution in [1.82, 2.24) is 9.38 Å². The first kappa shape index (κ1) is 25.9. The average Bonchev–Trinajstić information content (AvgIpc) is 3.09. The van der Waals surface area contributed by atoms with Crippen molar-refractivity contribution in [2.24, 2.45) is 0 Å². The van der Waals surface area contributed by atoms with Gasteiger partial charge in [0.1, 0.15) is 16.3 Å². The van der Waals surface area contributed by atoms with E-state index in [1.807, 2.05) is 36.5 Å². The molecule has 31 heavy (non-hydrogen) atoms. The summed E-state index contributed by atoms with van der Waals surface area (Å²) in [6.45, 7) is 16.2. The van der Waals surface area contributed by atoms with E-state index in [-0.39, 0.29) is 35.6 Å². The Hall–Kier alpha value is -1.37. The smallest absolute Gasteiger partial charge is 0.314 e. The van der Waals surface area contributed by atoms with Crippen LogP contribution < -0.4 is 0 Å². The molecule has 0 amide bonds. The van der Waals surface area contributed by atoms with E-state index in [1.54, 1.807) is 10.6 Å². The fourth-order valence-electron chi connectivity index (χ4n) is 3.39. The monoisotopic (exact) mass is 627 g/mol. The van der Waals surface area contributed by atoms with Gasteiger partial charge in [0.05, 0.1) is 26.7 Å². The molecule has 0 bridgehead atoms. The van der Waals surface area contributed by atoms with Crippen LogP contribution in [-0.4, -0.2) is 36.0 Å². The molecule has 0 saturated carbocycles. The first-order valence-electron chi connectivity index (χ1n) is 10.4. The molecule has 2 aromatic carbocycles. The van der Waals surface area contributed by atoms with Crippen molar-refractivity contribution < 1.29 is 19.8 Å². The Morgan fingerprint density at radius 1 is 0.871 bits per heavy atom. The van der Waals surface area contributed by atoms with Gasteiger partial charge in [0.2, 0.25) is 0 Å². The maximum Gasteiger partial charge on any atom is 1.00 e. The molecule has 2 aromatic heterocycles. The third-order valence-electron chi connectivity index (χ3n) is 5.77. The average molecular weight is 626 g/mol. The third-order valence-corrected chi connectivity index (χ3v) is 9.77. The summed E-state index contributed by atoms with van der Waals surface area (Å²) >= 11 is 0. The van der Waals surface area contributed by atoms with Crippen LogP contribution in [0.1, 0.15) is 19.5 Å². The number of nitrogens with zero attached hydrogens (tertiary/aromatic N) is 2. The van der Waals surface area contributed by atoms with Crippen LogP contribution in [0.3, 0.4) is 0 Å². The number of aromatic nitrogens is 2. The molecule has 0 spiro atoms. The number of hydrogen-bond donors (Lipinski definition) is 0. The van der Waals surface area contributed by atoms with Gasteiger partial charge in [-0.15, -0.1) is 29.1 Å². The van der Waals surface area contributed by atoms with Crippen LogP contribution in [0.4, 0.5) is 0 Å². The van der Waals surface area contributed by atoms with Crippen molar-refractivity contribution in [2.45, 2.75) is 20.8 Å². The zero-order valence-corrected chi connectivity index (χ0v) is 24.1. The summed E-state index contributed by atoms with van der Waals surface area (Å²) in [5, 5.41) is 5.82. The Morgan fingerprint density at radius 3 is 2.03 bits per heavy atom. The zero-order valence-electron chi connectivity index (χ0n) is 19.5. The van der Waals surface area contributed by atoms with Gasteiger partial charge in [-0.1, -0.05) is 35.7 Å². The fourth-order valence-corrected chi connectivity index (χ4v) is 6.39. The molecule has 1 radical (unpaired) electrons. The molecule has 2 heterocycles. The van der Waals surface area contributed by atoms with Crippen LogP contribution in [0.15, 0.2) is 71.4 Å². The van der Waals surface area contributed by atoms with E-state index in [0.717, 1.165) is 22.6 Å². The first-order chi connectivity index (χ1) is 14.3. The van der Waals surface area contributed by atoms with E-state index >= 15 is 0 Å². The van der Waals surface area contributed by atoms with Crippen LogP contribution in [0.2, 0.25) is 0 Å². The molecule has 163 valence electrons. The molecular formula is C26H33N2OsP2+2. The number of aryl methyl sites for hydroxylation is 1. The van der Waals surface area contributed by atoms with Crippen molar-refractivity contribution in [3.63, 3.8) is 0 Å². The quantitative estimate of drug-likeness (QED) is 0.171. The first-order valence-corrected chi connectivity index (χ1v) is 15.4. The van der Waals surface area contributed by atoms with Crippen LogP contribution >= 0.6 is 15.8 Å². The minimum absolute atomic E-state index is 0. The number of benzene rings is 2. The fraction of sp³-hybridized carbons (Fsp3) is 0.269. The molecule has 0 saturated heterocycles. The second kappa shape index (κ2) is 11.5. The van der Waals surface area contributed by atoms with E-state index in [4.69, 9.17) is 4.98 Å². The maximum absolute atomic E-state index is 4.72. The van der Waals surface area contributed by atoms with Crippen LogP contribution in [0, 0.1) is 13.0 Å². The molecule has 0 N–H and O–H groups in total. The normalized spacial score (nSPS) is 11.9. The summed E-state index contributed by atoms with van der Waals surface area (Å²) < 4.78 is 2.11. The number of rotatable bonds is 3. The van der Waals surface area contributed by atoms with Gasteiger partial charge in [-0.25, -0.2) is 0 Å². The number of pyridine rings is 1. The maximum atomic E-state index is 4.72. The standard InChI is InChI=1S/C18H13N2.C8H18P2.Os/c1-13-18(19-17-8-4-5-11-20(13)17)16-10-9-14-6-2-3-7-15(14)12-16;1-7(9(3)4)8(2)10(5)6;/h2-9,11-12H,1H3;1-6H3;/q-1;;+1/p+2/b;8-7-;. The van der Waals surface area contributed by atoms with Crippen molar-refractivity contribution in [3.05, 3.63) is 83.2 Å². The molecule has 0 unspecified atom stereocenters. The number of allylic oxidation sites excluding steroid dienone is 2. The van der Waals surface area contributed by atoms with E-state index in [9.17, 15) is 0 Å². The molecule has 0 aliphatic heterocycles. The topological polar surface area (TPSA) is 17.3 Å². The summed E-state index contributed by atoms with van der Waals surface area (Å²) in [5.74, 6) is 0. The van der Waals surface area contributed by atoms with E-state index in [0.29, 0.717) is 0 Å². The molecule has 4 aromatic rings. The molecule has 2 nitrogen and oxygen atoms in total. The summed E-state index contributed by atoms with van der Waals surface area (Å²) in [7, 11) is -0.302. The van der Waals surface area contributed by atoms with Gasteiger partial charge in [-0.3, -0.25) is 4.98 Å². The molecule has 5 heteroatoms. The van der Waals surface area contributed by atoms with E-state index in [1.165, 1.54) is 10.8 Å². The van der Waals surface area contributed by atoms with Gasteiger partial charge in [-0.05, 0) is 32.9 Å². The largest absolute Gasteiger partial charge is 1.00 e. The molecule has 0 aliphatic rings. The van der Waals surface area contributed by atoms with Gasteiger partial charge in [-0.2, -0.15) is 0 Å². The van der Waals surface area contributed by atoms with Crippen molar-refractivity contribution in [3.8, 4) is 11.3 Å². The summed E-state index contributed by atoms with van der Waals surface area (Å²) in [6, 6.07) is 21.9. The molecule has 0 fully saturated rings. The minimum Gasteiger partial charge on any atom is -0.314 e. The van der Waals surface area contributed by atoms with E-state index < -0.39 is 0 Å². The molecular weight excluding hydrogens is 592 g/mol. The van der Waals surface area contributed by atoms with Gasteiger partial charge in [0.25, 0.3) is 0 Å². The van der Waals surface area contributed by atoms with Crippen molar-refractivity contribution in [1.29, 1.82) is 0 Å². The van der Waals surface area contributed by atoms with Crippen LogP contribution in [0.5, 0.6) is 0 Å². The zero-order chi connectivity index (χ0) is 21.8. The number of hydrogen-bond acceptors (Lipinski definition) is 1. The molecule has 4 rings (SSSR count). The van der Waals surface area contributed by atoms with E-state index in [2.05, 4.69) is 82.2 Å².